The Kier molecular flexibility index (Phi) is 3.40. The maximum absolute atomic E-state index is 5.83. The molecule has 0 saturated heterocycles. The Balaban J connectivity index is 2.12. The van der Waals surface area contributed by atoms with Crippen LogP contribution in [0.4, 0.5) is 5.95 Å². The number of benzene rings is 1. The van der Waals surface area contributed by atoms with Gasteiger partial charge in [-0.3, -0.25) is 0 Å². The molecular formula is C15H15N3S2. The molecule has 0 aliphatic rings. The van der Waals surface area contributed by atoms with Crippen molar-refractivity contribution in [2.75, 3.05) is 5.73 Å². The molecule has 0 atom stereocenters. The molecule has 0 unspecified atom stereocenters. The molecule has 0 fully saturated rings. The van der Waals surface area contributed by atoms with Gasteiger partial charge >= 0.3 is 0 Å². The van der Waals surface area contributed by atoms with E-state index in [1.807, 2.05) is 0 Å². The molecule has 3 aromatic rings. The molecule has 20 heavy (non-hydrogen) atoms. The molecule has 1 aromatic carbocycles. The SMILES string of the molecule is Cc1ccc(C)c(Sc2nc(N)nc3sc(C)cc23)c1. The van der Waals surface area contributed by atoms with Crippen LogP contribution in [-0.2, 0) is 0 Å². The molecule has 3 nitrogen and oxygen atoms in total. The van der Waals surface area contributed by atoms with E-state index in [0.717, 1.165) is 15.2 Å². The van der Waals surface area contributed by atoms with Gasteiger partial charge in [0, 0.05) is 15.2 Å². The van der Waals surface area contributed by atoms with Gasteiger partial charge in [-0.15, -0.1) is 11.3 Å². The number of thiophene rings is 1. The third-order valence-corrected chi connectivity index (χ3v) is 5.16. The second-order valence-electron chi connectivity index (χ2n) is 4.83. The van der Waals surface area contributed by atoms with Crippen LogP contribution in [0, 0.1) is 20.8 Å². The van der Waals surface area contributed by atoms with Crippen molar-refractivity contribution < 1.29 is 0 Å². The summed E-state index contributed by atoms with van der Waals surface area (Å²) in [7, 11) is 0. The number of nitrogen functional groups attached to an aromatic ring is 1. The third kappa shape index (κ3) is 2.51. The lowest BCUT2D eigenvalue weighted by atomic mass is 10.2. The highest BCUT2D eigenvalue weighted by Crippen LogP contribution is 2.36. The predicted octanol–water partition coefficient (Wildman–Crippen LogP) is 4.35. The van der Waals surface area contributed by atoms with E-state index >= 15 is 0 Å². The molecule has 2 aromatic heterocycles. The number of hydrogen-bond donors (Lipinski definition) is 1. The summed E-state index contributed by atoms with van der Waals surface area (Å²) < 4.78 is 0. The van der Waals surface area contributed by atoms with Crippen molar-refractivity contribution >= 4 is 39.3 Å². The van der Waals surface area contributed by atoms with Crippen LogP contribution in [0.5, 0.6) is 0 Å². The molecule has 0 amide bonds. The summed E-state index contributed by atoms with van der Waals surface area (Å²) in [5.41, 5.74) is 8.32. The van der Waals surface area contributed by atoms with Crippen molar-refractivity contribution in [3.05, 3.63) is 40.3 Å². The maximum atomic E-state index is 5.83. The third-order valence-electron chi connectivity index (χ3n) is 3.05. The van der Waals surface area contributed by atoms with E-state index in [0.29, 0.717) is 5.95 Å². The van der Waals surface area contributed by atoms with Crippen LogP contribution in [0.3, 0.4) is 0 Å². The number of rotatable bonds is 2. The van der Waals surface area contributed by atoms with Crippen LogP contribution < -0.4 is 5.73 Å². The Morgan fingerprint density at radius 1 is 1.10 bits per heavy atom. The Labute approximate surface area is 126 Å². The van der Waals surface area contributed by atoms with E-state index in [1.54, 1.807) is 23.1 Å². The van der Waals surface area contributed by atoms with Crippen molar-refractivity contribution in [1.29, 1.82) is 0 Å². The van der Waals surface area contributed by atoms with Crippen LogP contribution in [-0.4, -0.2) is 9.97 Å². The first kappa shape index (κ1) is 13.4. The summed E-state index contributed by atoms with van der Waals surface area (Å²) in [6.07, 6.45) is 0. The van der Waals surface area contributed by atoms with Gasteiger partial charge in [0.05, 0.1) is 0 Å². The summed E-state index contributed by atoms with van der Waals surface area (Å²) in [6, 6.07) is 8.58. The number of nitrogens with two attached hydrogens (primary N) is 1. The fourth-order valence-electron chi connectivity index (χ4n) is 2.03. The number of aryl methyl sites for hydroxylation is 3. The predicted molar refractivity (Wildman–Crippen MR) is 86.6 cm³/mol. The smallest absolute Gasteiger partial charge is 0.222 e. The molecule has 2 heterocycles. The van der Waals surface area contributed by atoms with Crippen molar-refractivity contribution in [3.8, 4) is 0 Å². The van der Waals surface area contributed by atoms with Crippen LogP contribution in [0.15, 0.2) is 34.2 Å². The second-order valence-corrected chi connectivity index (χ2v) is 7.10. The van der Waals surface area contributed by atoms with E-state index in [9.17, 15) is 0 Å². The van der Waals surface area contributed by atoms with Gasteiger partial charge in [0.1, 0.15) is 9.86 Å². The summed E-state index contributed by atoms with van der Waals surface area (Å²) in [6.45, 7) is 6.29. The molecular weight excluding hydrogens is 286 g/mol. The lowest BCUT2D eigenvalue weighted by Crippen LogP contribution is -1.95. The Morgan fingerprint density at radius 2 is 1.90 bits per heavy atom. The highest BCUT2D eigenvalue weighted by molar-refractivity contribution is 7.99. The first-order valence-corrected chi connectivity index (χ1v) is 7.95. The summed E-state index contributed by atoms with van der Waals surface area (Å²) in [4.78, 5) is 12.1. The number of fused-ring (bicyclic) bond motifs is 1. The Morgan fingerprint density at radius 3 is 2.70 bits per heavy atom. The summed E-state index contributed by atoms with van der Waals surface area (Å²) >= 11 is 3.31. The number of anilines is 1. The highest BCUT2D eigenvalue weighted by Gasteiger charge is 2.12. The van der Waals surface area contributed by atoms with Gasteiger partial charge in [-0.2, -0.15) is 0 Å². The zero-order valence-corrected chi connectivity index (χ0v) is 13.2. The van der Waals surface area contributed by atoms with Gasteiger partial charge in [0.25, 0.3) is 0 Å². The van der Waals surface area contributed by atoms with E-state index in [-0.39, 0.29) is 0 Å². The van der Waals surface area contributed by atoms with E-state index in [4.69, 9.17) is 5.73 Å². The molecule has 5 heteroatoms. The van der Waals surface area contributed by atoms with Crippen molar-refractivity contribution in [2.45, 2.75) is 30.7 Å². The van der Waals surface area contributed by atoms with Crippen molar-refractivity contribution in [1.82, 2.24) is 9.97 Å². The minimum atomic E-state index is 0.340. The minimum Gasteiger partial charge on any atom is -0.368 e. The van der Waals surface area contributed by atoms with Crippen molar-refractivity contribution in [3.63, 3.8) is 0 Å². The largest absolute Gasteiger partial charge is 0.368 e. The fraction of sp³-hybridized carbons (Fsp3) is 0.200. The van der Waals surface area contributed by atoms with Crippen molar-refractivity contribution in [2.24, 2.45) is 0 Å². The minimum absolute atomic E-state index is 0.340. The molecule has 0 radical (unpaired) electrons. The highest BCUT2D eigenvalue weighted by atomic mass is 32.2. The zero-order valence-electron chi connectivity index (χ0n) is 11.6. The van der Waals surface area contributed by atoms with Crippen LogP contribution in [0.25, 0.3) is 10.2 Å². The first-order valence-electron chi connectivity index (χ1n) is 6.31. The monoisotopic (exact) mass is 301 g/mol. The second kappa shape index (κ2) is 5.07. The maximum Gasteiger partial charge on any atom is 0.222 e. The van der Waals surface area contributed by atoms with Gasteiger partial charge < -0.3 is 5.73 Å². The molecule has 2 N–H and O–H groups in total. The van der Waals surface area contributed by atoms with E-state index < -0.39 is 0 Å². The van der Waals surface area contributed by atoms with Crippen LogP contribution in [0.2, 0.25) is 0 Å². The van der Waals surface area contributed by atoms with E-state index in [2.05, 4.69) is 55.0 Å². The van der Waals surface area contributed by atoms with Crippen LogP contribution >= 0.6 is 23.1 Å². The van der Waals surface area contributed by atoms with Gasteiger partial charge in [-0.1, -0.05) is 23.9 Å². The quantitative estimate of drug-likeness (QED) is 0.715. The number of hydrogen-bond acceptors (Lipinski definition) is 5. The molecule has 3 rings (SSSR count). The summed E-state index contributed by atoms with van der Waals surface area (Å²) in [5, 5.41) is 2.03. The molecule has 0 spiro atoms. The first-order chi connectivity index (χ1) is 9.52. The van der Waals surface area contributed by atoms with Gasteiger partial charge in [0.2, 0.25) is 5.95 Å². The van der Waals surface area contributed by atoms with Gasteiger partial charge in [-0.25, -0.2) is 9.97 Å². The summed E-state index contributed by atoms with van der Waals surface area (Å²) in [5.74, 6) is 0.340. The number of aromatic nitrogens is 2. The Bertz CT molecular complexity index is 793. The fourth-order valence-corrected chi connectivity index (χ4v) is 4.07. The Hall–Kier alpha value is -1.59. The van der Waals surface area contributed by atoms with Gasteiger partial charge in [-0.05, 0) is 44.0 Å². The van der Waals surface area contributed by atoms with Gasteiger partial charge in [0.15, 0.2) is 0 Å². The molecule has 0 aliphatic heterocycles. The lowest BCUT2D eigenvalue weighted by Gasteiger charge is -2.07. The number of nitrogens with zero attached hydrogens (tertiary/aromatic N) is 2. The average Bonchev–Trinajstić information content (AvgIpc) is 2.74. The molecule has 0 saturated carbocycles. The molecule has 102 valence electrons. The molecule has 0 aliphatic carbocycles. The molecule has 0 bridgehead atoms. The topological polar surface area (TPSA) is 51.8 Å². The normalized spacial score (nSPS) is 11.2. The van der Waals surface area contributed by atoms with Crippen LogP contribution in [0.1, 0.15) is 16.0 Å². The zero-order chi connectivity index (χ0) is 14.3. The standard InChI is InChI=1S/C15H15N3S2/c1-8-4-5-9(2)12(6-8)20-14-11-7-10(3)19-13(11)17-15(16)18-14/h4-7H,1-3H3,(H2,16,17,18). The van der Waals surface area contributed by atoms with E-state index in [1.165, 1.54) is 20.9 Å². The lowest BCUT2D eigenvalue weighted by molar-refractivity contribution is 1.12. The average molecular weight is 301 g/mol.